The Morgan fingerprint density at radius 1 is 1.10 bits per heavy atom. The number of hydrogen-bond donors (Lipinski definition) is 1. The minimum atomic E-state index is -0.530. The van der Waals surface area contributed by atoms with Gasteiger partial charge in [0.1, 0.15) is 5.82 Å². The molecule has 3 aliphatic rings. The Hall–Kier alpha value is -3.72. The van der Waals surface area contributed by atoms with Gasteiger partial charge in [0.15, 0.2) is 17.3 Å². The van der Waals surface area contributed by atoms with Crippen LogP contribution in [0.2, 0.25) is 0 Å². The van der Waals surface area contributed by atoms with E-state index in [1.165, 1.54) is 0 Å². The predicted molar refractivity (Wildman–Crippen MR) is 116 cm³/mol. The quantitative estimate of drug-likeness (QED) is 0.787. The lowest BCUT2D eigenvalue weighted by atomic mass is 9.68. The summed E-state index contributed by atoms with van der Waals surface area (Å²) in [7, 11) is 0. The van der Waals surface area contributed by atoms with Gasteiger partial charge in [0.25, 0.3) is 0 Å². The molecule has 1 aliphatic carbocycles. The number of ether oxygens (including phenoxy) is 2. The number of ketones is 1. The lowest BCUT2D eigenvalue weighted by molar-refractivity contribution is -0.118. The van der Waals surface area contributed by atoms with E-state index in [1.807, 2.05) is 53.4 Å². The zero-order chi connectivity index (χ0) is 21.8. The zero-order valence-corrected chi connectivity index (χ0v) is 17.5. The first-order valence-electron chi connectivity index (χ1n) is 10.3. The summed E-state index contributed by atoms with van der Waals surface area (Å²) in [5, 5.41) is 10.1. The van der Waals surface area contributed by atoms with E-state index in [1.54, 1.807) is 0 Å². The minimum Gasteiger partial charge on any atom is -0.454 e. The highest BCUT2D eigenvalue weighted by atomic mass is 16.7. The van der Waals surface area contributed by atoms with E-state index >= 15 is 0 Å². The van der Waals surface area contributed by atoms with Gasteiger partial charge < -0.3 is 15.2 Å². The summed E-state index contributed by atoms with van der Waals surface area (Å²) in [6, 6.07) is 17.5. The molecule has 6 heteroatoms. The Morgan fingerprint density at radius 2 is 1.84 bits per heavy atom. The molecule has 5 rings (SSSR count). The molecule has 2 aliphatic heterocycles. The molecule has 6 nitrogen and oxygen atoms in total. The summed E-state index contributed by atoms with van der Waals surface area (Å²) in [4.78, 5) is 15.4. The Kier molecular flexibility index (Phi) is 4.30. The highest BCUT2D eigenvalue weighted by molar-refractivity contribution is 6.01. The van der Waals surface area contributed by atoms with Gasteiger partial charge in [-0.2, -0.15) is 5.26 Å². The normalized spacial score (nSPS) is 21.8. The van der Waals surface area contributed by atoms with Crippen LogP contribution in [-0.4, -0.2) is 12.6 Å². The number of nitrogens with two attached hydrogens (primary N) is 1. The molecular formula is C25H23N3O3. The molecule has 0 amide bonds. The number of Topliss-reactive ketones (excluding diaryl/α,β-unsaturated/α-hetero) is 1. The minimum absolute atomic E-state index is 0.0510. The molecule has 2 N–H and O–H groups in total. The van der Waals surface area contributed by atoms with Gasteiger partial charge >= 0.3 is 0 Å². The number of nitriles is 1. The molecule has 2 heterocycles. The number of carbonyl (C=O) groups excluding carboxylic acids is 1. The predicted octanol–water partition coefficient (Wildman–Crippen LogP) is 4.36. The zero-order valence-electron chi connectivity index (χ0n) is 17.5. The fourth-order valence-corrected chi connectivity index (χ4v) is 4.81. The van der Waals surface area contributed by atoms with Crippen LogP contribution in [0, 0.1) is 16.7 Å². The SMILES string of the molecule is CC1(C)CC(=O)C2=C(C1)N(c1ccccc1)C(N)=C(C#N)C2c1ccc2c(c1)OCO2. The molecular weight excluding hydrogens is 390 g/mol. The maximum absolute atomic E-state index is 13.5. The Labute approximate surface area is 181 Å². The summed E-state index contributed by atoms with van der Waals surface area (Å²) in [5.41, 5.74) is 9.96. The standard InChI is InChI=1S/C25H23N3O3/c1-25(2)11-18-23(19(29)12-25)22(15-8-9-20-21(10-15)31-14-30-20)17(13-26)24(27)28(18)16-6-4-3-5-7-16/h3-10,22H,11-12,14,27H2,1-2H3. The summed E-state index contributed by atoms with van der Waals surface area (Å²) in [6.45, 7) is 4.34. The first kappa shape index (κ1) is 19.3. The van der Waals surface area contributed by atoms with Crippen molar-refractivity contribution in [2.24, 2.45) is 11.1 Å². The molecule has 0 aromatic heterocycles. The molecule has 0 radical (unpaired) electrons. The van der Waals surface area contributed by atoms with Crippen LogP contribution in [0.15, 0.2) is 71.2 Å². The average molecular weight is 413 g/mol. The van der Waals surface area contributed by atoms with E-state index in [4.69, 9.17) is 15.2 Å². The van der Waals surface area contributed by atoms with Gasteiger partial charge in [0, 0.05) is 23.4 Å². The highest BCUT2D eigenvalue weighted by Gasteiger charge is 2.44. The molecule has 0 fully saturated rings. The third-order valence-electron chi connectivity index (χ3n) is 6.13. The van der Waals surface area contributed by atoms with Crippen LogP contribution in [-0.2, 0) is 4.79 Å². The third-order valence-corrected chi connectivity index (χ3v) is 6.13. The number of fused-ring (bicyclic) bond motifs is 1. The number of para-hydroxylation sites is 1. The summed E-state index contributed by atoms with van der Waals surface area (Å²) in [5.74, 6) is 1.16. The van der Waals surface area contributed by atoms with Gasteiger partial charge in [-0.3, -0.25) is 9.69 Å². The van der Waals surface area contributed by atoms with Gasteiger partial charge in [0.05, 0.1) is 17.6 Å². The summed E-state index contributed by atoms with van der Waals surface area (Å²) >= 11 is 0. The number of carbonyl (C=O) groups is 1. The van der Waals surface area contributed by atoms with Gasteiger partial charge in [-0.05, 0) is 41.7 Å². The maximum Gasteiger partial charge on any atom is 0.231 e. The van der Waals surface area contributed by atoms with Crippen molar-refractivity contribution in [1.82, 2.24) is 0 Å². The molecule has 0 bridgehead atoms. The lowest BCUT2D eigenvalue weighted by Crippen LogP contribution is -2.42. The first-order valence-corrected chi connectivity index (χ1v) is 10.3. The van der Waals surface area contributed by atoms with E-state index < -0.39 is 5.92 Å². The fraction of sp³-hybridized carbons (Fsp3) is 0.280. The first-order chi connectivity index (χ1) is 14.9. The monoisotopic (exact) mass is 413 g/mol. The molecule has 156 valence electrons. The summed E-state index contributed by atoms with van der Waals surface area (Å²) < 4.78 is 11.0. The molecule has 2 aromatic rings. The number of benzene rings is 2. The second kappa shape index (κ2) is 6.92. The van der Waals surface area contributed by atoms with Gasteiger partial charge in [0.2, 0.25) is 6.79 Å². The third kappa shape index (κ3) is 3.05. The van der Waals surface area contributed by atoms with Crippen molar-refractivity contribution in [2.45, 2.75) is 32.6 Å². The van der Waals surface area contributed by atoms with Crippen molar-refractivity contribution in [1.29, 1.82) is 5.26 Å². The van der Waals surface area contributed by atoms with Crippen molar-refractivity contribution < 1.29 is 14.3 Å². The summed E-state index contributed by atoms with van der Waals surface area (Å²) in [6.07, 6.45) is 1.11. The molecule has 1 atom stereocenters. The second-order valence-electron chi connectivity index (χ2n) is 8.93. The number of allylic oxidation sites excluding steroid dienone is 3. The number of rotatable bonds is 2. The van der Waals surface area contributed by atoms with Crippen LogP contribution >= 0.6 is 0 Å². The highest BCUT2D eigenvalue weighted by Crippen LogP contribution is 2.51. The number of anilines is 1. The maximum atomic E-state index is 13.5. The van der Waals surface area contributed by atoms with E-state index in [2.05, 4.69) is 19.9 Å². The van der Waals surface area contributed by atoms with Crippen molar-refractivity contribution in [2.75, 3.05) is 11.7 Å². The Morgan fingerprint density at radius 3 is 2.58 bits per heavy atom. The van der Waals surface area contributed by atoms with Crippen molar-refractivity contribution in [3.05, 3.63) is 76.8 Å². The average Bonchev–Trinajstić information content (AvgIpc) is 3.20. The van der Waals surface area contributed by atoms with Crippen LogP contribution in [0.1, 0.15) is 38.2 Å². The molecule has 31 heavy (non-hydrogen) atoms. The van der Waals surface area contributed by atoms with Crippen molar-refractivity contribution in [3.63, 3.8) is 0 Å². The number of nitrogens with zero attached hydrogens (tertiary/aromatic N) is 2. The van der Waals surface area contributed by atoms with E-state index in [0.717, 1.165) is 16.9 Å². The van der Waals surface area contributed by atoms with E-state index in [0.29, 0.717) is 41.3 Å². The van der Waals surface area contributed by atoms with Crippen molar-refractivity contribution >= 4 is 11.5 Å². The second-order valence-corrected chi connectivity index (χ2v) is 8.93. The fourth-order valence-electron chi connectivity index (χ4n) is 4.81. The van der Waals surface area contributed by atoms with Crippen LogP contribution in [0.5, 0.6) is 11.5 Å². The van der Waals surface area contributed by atoms with Crippen LogP contribution in [0.25, 0.3) is 0 Å². The van der Waals surface area contributed by atoms with Crippen LogP contribution in [0.3, 0.4) is 0 Å². The van der Waals surface area contributed by atoms with Gasteiger partial charge in [-0.25, -0.2) is 0 Å². The van der Waals surface area contributed by atoms with E-state index in [-0.39, 0.29) is 18.0 Å². The Balaban J connectivity index is 1.75. The molecule has 1 unspecified atom stereocenters. The van der Waals surface area contributed by atoms with Crippen LogP contribution in [0.4, 0.5) is 5.69 Å². The molecule has 0 saturated carbocycles. The topological polar surface area (TPSA) is 88.6 Å². The molecule has 0 spiro atoms. The lowest BCUT2D eigenvalue weighted by Gasteiger charge is -2.43. The smallest absolute Gasteiger partial charge is 0.231 e. The number of hydrogen-bond acceptors (Lipinski definition) is 6. The molecule has 0 saturated heterocycles. The van der Waals surface area contributed by atoms with E-state index in [9.17, 15) is 10.1 Å². The van der Waals surface area contributed by atoms with Crippen LogP contribution < -0.4 is 20.1 Å². The van der Waals surface area contributed by atoms with Gasteiger partial charge in [-0.1, -0.05) is 38.1 Å². The van der Waals surface area contributed by atoms with Crippen molar-refractivity contribution in [3.8, 4) is 17.6 Å². The Bertz CT molecular complexity index is 1190. The molecule has 2 aromatic carbocycles. The van der Waals surface area contributed by atoms with Gasteiger partial charge in [-0.15, -0.1) is 0 Å². The largest absolute Gasteiger partial charge is 0.454 e.